The summed E-state index contributed by atoms with van der Waals surface area (Å²) in [6.07, 6.45) is 9.02. The second-order valence-corrected chi connectivity index (χ2v) is 15.9. The van der Waals surface area contributed by atoms with E-state index in [0.29, 0.717) is 22.7 Å². The lowest BCUT2D eigenvalue weighted by molar-refractivity contribution is -0.238. The summed E-state index contributed by atoms with van der Waals surface area (Å²) in [5.41, 5.74) is 2.51. The maximum absolute atomic E-state index is 11.9. The van der Waals surface area contributed by atoms with E-state index >= 15 is 0 Å². The van der Waals surface area contributed by atoms with E-state index in [1.54, 1.807) is 5.57 Å². The Kier molecular flexibility index (Phi) is 5.91. The summed E-state index contributed by atoms with van der Waals surface area (Å²) >= 11 is 0. The van der Waals surface area contributed by atoms with Crippen molar-refractivity contribution in [1.29, 1.82) is 0 Å². The standard InChI is InChI=1S/C33H52O4/c1-19-24-21-11-12-23-32(9,31(21,8)18-17-30(24,7)16-15-28(19,3)4)14-13-22-29(5,6)27(37-20(2)34)25(35)26(36)33(22,23)10/h11-12,19,22,24-27,35-36H,13-18H2,1-10H3/t19-,22+,24+,25-,26-,27+,30-,31-,32-,33+/m1/s1. The minimum absolute atomic E-state index is 0.0263. The number of allylic oxidation sites excluding steroid dienone is 3. The van der Waals surface area contributed by atoms with E-state index in [2.05, 4.69) is 74.5 Å². The highest BCUT2D eigenvalue weighted by molar-refractivity contribution is 5.66. The molecule has 0 radical (unpaired) electrons. The fraction of sp³-hybridized carbons (Fsp3) is 0.848. The molecule has 4 nitrogen and oxygen atoms in total. The van der Waals surface area contributed by atoms with Crippen molar-refractivity contribution in [3.63, 3.8) is 0 Å². The number of carbonyl (C=O) groups excluding carboxylic acids is 1. The molecule has 0 amide bonds. The third kappa shape index (κ3) is 3.30. The average molecular weight is 513 g/mol. The molecule has 2 N–H and O–H groups in total. The molecule has 0 unspecified atom stereocenters. The third-order valence-electron chi connectivity index (χ3n) is 13.6. The van der Waals surface area contributed by atoms with Crippen molar-refractivity contribution < 1.29 is 19.7 Å². The molecule has 37 heavy (non-hydrogen) atoms. The van der Waals surface area contributed by atoms with E-state index in [9.17, 15) is 15.0 Å². The highest BCUT2D eigenvalue weighted by atomic mass is 16.6. The lowest BCUT2D eigenvalue weighted by Gasteiger charge is -2.70. The number of aliphatic hydroxyl groups excluding tert-OH is 2. The molecule has 5 rings (SSSR count). The van der Waals surface area contributed by atoms with Gasteiger partial charge >= 0.3 is 5.97 Å². The van der Waals surface area contributed by atoms with Gasteiger partial charge in [-0.2, -0.15) is 0 Å². The van der Waals surface area contributed by atoms with Crippen molar-refractivity contribution in [2.45, 2.75) is 126 Å². The molecule has 0 bridgehead atoms. The highest BCUT2D eigenvalue weighted by Crippen LogP contribution is 2.75. The number of carbonyl (C=O) groups is 1. The molecule has 0 heterocycles. The number of ether oxygens (including phenoxy) is 1. The number of fused-ring (bicyclic) bond motifs is 7. The molecule has 5 aliphatic rings. The highest BCUT2D eigenvalue weighted by Gasteiger charge is 2.70. The normalized spacial score (nSPS) is 51.9. The molecule has 4 heteroatoms. The van der Waals surface area contributed by atoms with Crippen LogP contribution in [0.4, 0.5) is 0 Å². The van der Waals surface area contributed by atoms with Gasteiger partial charge < -0.3 is 14.9 Å². The van der Waals surface area contributed by atoms with Gasteiger partial charge in [-0.15, -0.1) is 0 Å². The van der Waals surface area contributed by atoms with Crippen LogP contribution in [0.3, 0.4) is 0 Å². The van der Waals surface area contributed by atoms with Crippen molar-refractivity contribution in [1.82, 2.24) is 0 Å². The van der Waals surface area contributed by atoms with Gasteiger partial charge in [0.05, 0.1) is 6.10 Å². The van der Waals surface area contributed by atoms with Crippen LogP contribution >= 0.6 is 0 Å². The van der Waals surface area contributed by atoms with Crippen LogP contribution < -0.4 is 0 Å². The predicted molar refractivity (Wildman–Crippen MR) is 148 cm³/mol. The number of hydrogen-bond acceptors (Lipinski definition) is 4. The molecule has 0 aromatic carbocycles. The van der Waals surface area contributed by atoms with Gasteiger partial charge in [0.15, 0.2) is 0 Å². The van der Waals surface area contributed by atoms with E-state index in [1.165, 1.54) is 38.2 Å². The van der Waals surface area contributed by atoms with E-state index < -0.39 is 35.1 Å². The summed E-state index contributed by atoms with van der Waals surface area (Å²) < 4.78 is 5.67. The minimum atomic E-state index is -1.12. The third-order valence-corrected chi connectivity index (χ3v) is 13.6. The Bertz CT molecular complexity index is 1050. The van der Waals surface area contributed by atoms with Gasteiger partial charge in [0.25, 0.3) is 0 Å². The van der Waals surface area contributed by atoms with Crippen LogP contribution in [0.1, 0.15) is 108 Å². The van der Waals surface area contributed by atoms with E-state index in [-0.39, 0.29) is 16.7 Å². The van der Waals surface area contributed by atoms with Crippen molar-refractivity contribution in [3.8, 4) is 0 Å². The van der Waals surface area contributed by atoms with Gasteiger partial charge in [0.1, 0.15) is 12.2 Å². The number of aliphatic hydroxyl groups is 2. The van der Waals surface area contributed by atoms with Crippen LogP contribution in [0, 0.1) is 50.2 Å². The van der Waals surface area contributed by atoms with E-state index in [4.69, 9.17) is 4.74 Å². The van der Waals surface area contributed by atoms with Crippen molar-refractivity contribution >= 4 is 5.97 Å². The smallest absolute Gasteiger partial charge is 0.303 e. The summed E-state index contributed by atoms with van der Waals surface area (Å²) in [6, 6.07) is 0. The van der Waals surface area contributed by atoms with E-state index in [0.717, 1.165) is 12.8 Å². The second kappa shape index (κ2) is 7.96. The molecule has 10 atom stereocenters. The molecular weight excluding hydrogens is 460 g/mol. The lowest BCUT2D eigenvalue weighted by Crippen LogP contribution is -2.69. The predicted octanol–water partition coefficient (Wildman–Crippen LogP) is 6.85. The molecule has 0 saturated heterocycles. The molecule has 4 saturated carbocycles. The van der Waals surface area contributed by atoms with Gasteiger partial charge in [-0.25, -0.2) is 0 Å². The molecule has 4 fully saturated rings. The molecule has 0 aliphatic heterocycles. The zero-order chi connectivity index (χ0) is 27.6. The zero-order valence-corrected chi connectivity index (χ0v) is 25.1. The van der Waals surface area contributed by atoms with Gasteiger partial charge in [0, 0.05) is 17.8 Å². The molecular formula is C33H52O4. The average Bonchev–Trinajstić information content (AvgIpc) is 2.79. The Labute approximate surface area is 225 Å². The van der Waals surface area contributed by atoms with Crippen LogP contribution in [0.2, 0.25) is 0 Å². The summed E-state index contributed by atoms with van der Waals surface area (Å²) in [6.45, 7) is 22.7. The first kappa shape index (κ1) is 27.4. The van der Waals surface area contributed by atoms with E-state index in [1.807, 2.05) is 0 Å². The quantitative estimate of drug-likeness (QED) is 0.377. The Hall–Kier alpha value is -1.13. The Morgan fingerprint density at radius 1 is 0.892 bits per heavy atom. The SMILES string of the molecule is CC(=O)O[C@H]1[C@H](O)[C@@H](O)[C@]2(C)C3=CC=C4[C@@H]5[C@@H](C)C(C)(C)CC[C@]5(C)CC[C@@]4(C)[C@]3(C)CC[C@H]2C1(C)C. The van der Waals surface area contributed by atoms with Gasteiger partial charge in [0.2, 0.25) is 0 Å². The fourth-order valence-electron chi connectivity index (χ4n) is 10.7. The maximum Gasteiger partial charge on any atom is 0.303 e. The topological polar surface area (TPSA) is 66.8 Å². The maximum atomic E-state index is 11.9. The van der Waals surface area contributed by atoms with Gasteiger partial charge in [-0.05, 0) is 77.9 Å². The number of hydrogen-bond donors (Lipinski definition) is 2. The Morgan fingerprint density at radius 3 is 2.14 bits per heavy atom. The van der Waals surface area contributed by atoms with Crippen LogP contribution in [0.5, 0.6) is 0 Å². The van der Waals surface area contributed by atoms with Crippen molar-refractivity contribution in [2.24, 2.45) is 50.2 Å². The largest absolute Gasteiger partial charge is 0.459 e. The fourth-order valence-corrected chi connectivity index (χ4v) is 10.7. The second-order valence-electron chi connectivity index (χ2n) is 15.9. The molecule has 5 aliphatic carbocycles. The summed E-state index contributed by atoms with van der Waals surface area (Å²) in [5, 5.41) is 23.2. The molecule has 0 aromatic heterocycles. The lowest BCUT2D eigenvalue weighted by atomic mass is 9.35. The summed E-state index contributed by atoms with van der Waals surface area (Å²) in [5.74, 6) is 0.886. The van der Waals surface area contributed by atoms with Crippen LogP contribution in [-0.4, -0.2) is 34.5 Å². The van der Waals surface area contributed by atoms with Gasteiger partial charge in [-0.3, -0.25) is 4.79 Å². The minimum Gasteiger partial charge on any atom is -0.459 e. The van der Waals surface area contributed by atoms with Gasteiger partial charge in [-0.1, -0.05) is 85.6 Å². The van der Waals surface area contributed by atoms with Crippen LogP contribution in [0.15, 0.2) is 23.3 Å². The number of esters is 1. The first-order chi connectivity index (χ1) is 16.9. The first-order valence-electron chi connectivity index (χ1n) is 14.8. The van der Waals surface area contributed by atoms with Crippen molar-refractivity contribution in [3.05, 3.63) is 23.3 Å². The van der Waals surface area contributed by atoms with Crippen LogP contribution in [-0.2, 0) is 9.53 Å². The number of rotatable bonds is 1. The molecule has 0 aromatic rings. The monoisotopic (exact) mass is 512 g/mol. The zero-order valence-electron chi connectivity index (χ0n) is 25.1. The molecule has 208 valence electrons. The Balaban J connectivity index is 1.65. The summed E-state index contributed by atoms with van der Waals surface area (Å²) in [7, 11) is 0. The Morgan fingerprint density at radius 2 is 1.51 bits per heavy atom. The van der Waals surface area contributed by atoms with Crippen molar-refractivity contribution in [2.75, 3.05) is 0 Å². The molecule has 0 spiro atoms. The van der Waals surface area contributed by atoms with Crippen LogP contribution in [0.25, 0.3) is 0 Å². The first-order valence-corrected chi connectivity index (χ1v) is 14.8. The summed E-state index contributed by atoms with van der Waals surface area (Å²) in [4.78, 5) is 11.9.